The van der Waals surface area contributed by atoms with Crippen molar-refractivity contribution in [3.8, 4) is 11.5 Å². The molecule has 1 aromatic heterocycles. The van der Waals surface area contributed by atoms with Gasteiger partial charge in [-0.1, -0.05) is 50.2 Å². The summed E-state index contributed by atoms with van der Waals surface area (Å²) in [7, 11) is 0. The Kier molecular flexibility index (Phi) is 9.90. The van der Waals surface area contributed by atoms with Gasteiger partial charge in [0.25, 0.3) is 0 Å². The number of nitrogens with zero attached hydrogens (tertiary/aromatic N) is 3. The molecule has 0 bridgehead atoms. The number of rotatable bonds is 12. The third-order valence-corrected chi connectivity index (χ3v) is 7.34. The highest BCUT2D eigenvalue weighted by Crippen LogP contribution is 2.43. The van der Waals surface area contributed by atoms with E-state index in [0.717, 1.165) is 24.2 Å². The van der Waals surface area contributed by atoms with E-state index in [4.69, 9.17) is 19.3 Å². The molecule has 11 heteroatoms. The highest BCUT2D eigenvalue weighted by atomic mass is 79.9. The van der Waals surface area contributed by atoms with E-state index in [1.807, 2.05) is 39.8 Å². The minimum atomic E-state index is -0.620. The van der Waals surface area contributed by atoms with Crippen molar-refractivity contribution >= 4 is 39.6 Å². The summed E-state index contributed by atoms with van der Waals surface area (Å²) >= 11 is 5.14. The van der Waals surface area contributed by atoms with Crippen LogP contribution in [0.4, 0.5) is 10.3 Å². The number of anilines is 1. The predicted octanol–water partition coefficient (Wildman–Crippen LogP) is 6.90. The molecule has 0 fully saturated rings. The second kappa shape index (κ2) is 13.3. The molecule has 0 aliphatic carbocycles. The molecule has 208 valence electrons. The third kappa shape index (κ3) is 6.58. The lowest BCUT2D eigenvalue weighted by Crippen LogP contribution is -2.30. The summed E-state index contributed by atoms with van der Waals surface area (Å²) in [5, 5.41) is 8.54. The molecule has 1 aliphatic rings. The quantitative estimate of drug-likeness (QED) is 0.133. The van der Waals surface area contributed by atoms with Crippen LogP contribution >= 0.6 is 27.7 Å². The van der Waals surface area contributed by atoms with Crippen LogP contribution in [0.2, 0.25) is 0 Å². The van der Waals surface area contributed by atoms with Crippen LogP contribution in [-0.4, -0.2) is 39.7 Å². The van der Waals surface area contributed by atoms with Crippen molar-refractivity contribution < 1.29 is 23.4 Å². The Morgan fingerprint density at radius 1 is 1.21 bits per heavy atom. The number of benzene rings is 2. The number of carbonyl (C=O) groups excluding carboxylic acids is 1. The summed E-state index contributed by atoms with van der Waals surface area (Å²) < 4.78 is 34.1. The van der Waals surface area contributed by atoms with Crippen LogP contribution in [0.25, 0.3) is 0 Å². The molecule has 3 aromatic rings. The first-order valence-electron chi connectivity index (χ1n) is 12.9. The Hall–Kier alpha value is -3.05. The molecular formula is C28H32BrFN4O4S. The predicted molar refractivity (Wildman–Crippen MR) is 153 cm³/mol. The molecule has 1 atom stereocenters. The Labute approximate surface area is 240 Å². The number of esters is 1. The fourth-order valence-corrected chi connectivity index (χ4v) is 5.32. The van der Waals surface area contributed by atoms with Crippen LogP contribution in [-0.2, 0) is 16.1 Å². The molecule has 0 saturated carbocycles. The van der Waals surface area contributed by atoms with Gasteiger partial charge >= 0.3 is 5.97 Å². The van der Waals surface area contributed by atoms with E-state index in [9.17, 15) is 9.18 Å². The number of aromatic nitrogens is 3. The molecule has 4 rings (SSSR count). The molecule has 1 N–H and O–H groups in total. The molecule has 1 unspecified atom stereocenters. The summed E-state index contributed by atoms with van der Waals surface area (Å²) in [5.41, 5.74) is 2.23. The zero-order valence-corrected chi connectivity index (χ0v) is 24.8. The lowest BCUT2D eigenvalue weighted by atomic mass is 9.95. The molecule has 0 radical (unpaired) electrons. The van der Waals surface area contributed by atoms with E-state index in [2.05, 4.69) is 26.2 Å². The van der Waals surface area contributed by atoms with Gasteiger partial charge in [-0.2, -0.15) is 4.98 Å². The molecule has 0 amide bonds. The fraction of sp³-hybridized carbons (Fsp3) is 0.393. The number of halogens is 2. The first-order chi connectivity index (χ1) is 18.9. The molecule has 1 aliphatic heterocycles. The molecule has 2 aromatic carbocycles. The van der Waals surface area contributed by atoms with Gasteiger partial charge in [0.05, 0.1) is 23.3 Å². The summed E-state index contributed by atoms with van der Waals surface area (Å²) in [6.07, 6.45) is 1.69. The second-order valence-corrected chi connectivity index (χ2v) is 10.9. The van der Waals surface area contributed by atoms with Crippen molar-refractivity contribution in [3.63, 3.8) is 0 Å². The monoisotopic (exact) mass is 618 g/mol. The van der Waals surface area contributed by atoms with Crippen LogP contribution in [0.15, 0.2) is 57.3 Å². The summed E-state index contributed by atoms with van der Waals surface area (Å²) in [6, 6.07) is 9.54. The maximum Gasteiger partial charge on any atom is 0.338 e. The van der Waals surface area contributed by atoms with Gasteiger partial charge in [0.1, 0.15) is 18.5 Å². The van der Waals surface area contributed by atoms with Crippen LogP contribution in [0, 0.1) is 5.82 Å². The van der Waals surface area contributed by atoms with Gasteiger partial charge in [-0.3, -0.25) is 0 Å². The van der Waals surface area contributed by atoms with Gasteiger partial charge in [0.2, 0.25) is 11.1 Å². The topological polar surface area (TPSA) is 87.5 Å². The van der Waals surface area contributed by atoms with Crippen molar-refractivity contribution in [1.82, 2.24) is 14.8 Å². The fourth-order valence-electron chi connectivity index (χ4n) is 4.20. The van der Waals surface area contributed by atoms with Gasteiger partial charge in [0, 0.05) is 11.3 Å². The lowest BCUT2D eigenvalue weighted by molar-refractivity contribution is -0.139. The maximum absolute atomic E-state index is 14.2. The van der Waals surface area contributed by atoms with E-state index in [0.29, 0.717) is 57.1 Å². The van der Waals surface area contributed by atoms with E-state index in [1.54, 1.807) is 22.9 Å². The highest BCUT2D eigenvalue weighted by molar-refractivity contribution is 9.10. The SMILES string of the molecule is CCCCOC(=O)C1=C(C)Nc2nc(SCC)nn2C1c1cc(Br)c(OCc2ccccc2F)c(OCC)c1. The maximum atomic E-state index is 14.2. The molecule has 2 heterocycles. The Morgan fingerprint density at radius 2 is 2.00 bits per heavy atom. The minimum Gasteiger partial charge on any atom is -0.490 e. The average Bonchev–Trinajstić information content (AvgIpc) is 3.30. The van der Waals surface area contributed by atoms with Crippen LogP contribution in [0.3, 0.4) is 0 Å². The Balaban J connectivity index is 1.77. The van der Waals surface area contributed by atoms with Crippen molar-refractivity contribution in [2.75, 3.05) is 24.3 Å². The largest absolute Gasteiger partial charge is 0.490 e. The smallest absolute Gasteiger partial charge is 0.338 e. The Morgan fingerprint density at radius 3 is 2.72 bits per heavy atom. The van der Waals surface area contributed by atoms with Gasteiger partial charge in [-0.05, 0) is 65.7 Å². The summed E-state index contributed by atoms with van der Waals surface area (Å²) in [4.78, 5) is 18.0. The van der Waals surface area contributed by atoms with Gasteiger partial charge in [-0.15, -0.1) is 5.10 Å². The zero-order valence-electron chi connectivity index (χ0n) is 22.4. The van der Waals surface area contributed by atoms with Crippen LogP contribution in [0.1, 0.15) is 57.7 Å². The number of unbranched alkanes of at least 4 members (excludes halogenated alkanes) is 1. The first kappa shape index (κ1) is 28.9. The van der Waals surface area contributed by atoms with E-state index < -0.39 is 12.0 Å². The number of hydrogen-bond donors (Lipinski definition) is 1. The van der Waals surface area contributed by atoms with E-state index in [1.165, 1.54) is 17.8 Å². The normalized spacial score (nSPS) is 14.6. The lowest BCUT2D eigenvalue weighted by Gasteiger charge is -2.29. The van der Waals surface area contributed by atoms with Crippen molar-refractivity contribution in [2.45, 2.75) is 58.3 Å². The van der Waals surface area contributed by atoms with E-state index in [-0.39, 0.29) is 12.4 Å². The van der Waals surface area contributed by atoms with Gasteiger partial charge in [-0.25, -0.2) is 13.9 Å². The number of ether oxygens (including phenoxy) is 3. The number of fused-ring (bicyclic) bond motifs is 1. The number of allylic oxidation sites excluding steroid dienone is 1. The second-order valence-electron chi connectivity index (χ2n) is 8.79. The minimum absolute atomic E-state index is 0.0247. The molecule has 0 spiro atoms. The van der Waals surface area contributed by atoms with Gasteiger partial charge in [0.15, 0.2) is 11.5 Å². The van der Waals surface area contributed by atoms with Crippen molar-refractivity contribution in [1.29, 1.82) is 0 Å². The number of carbonyl (C=O) groups is 1. The molecular weight excluding hydrogens is 587 g/mol. The van der Waals surface area contributed by atoms with Gasteiger partial charge < -0.3 is 19.5 Å². The Bertz CT molecular complexity index is 1360. The molecule has 8 nitrogen and oxygen atoms in total. The first-order valence-corrected chi connectivity index (χ1v) is 14.7. The number of thioether (sulfide) groups is 1. The summed E-state index contributed by atoms with van der Waals surface area (Å²) in [5.74, 6) is 1.47. The van der Waals surface area contributed by atoms with Crippen molar-refractivity contribution in [3.05, 3.63) is 69.1 Å². The van der Waals surface area contributed by atoms with Crippen molar-refractivity contribution in [2.24, 2.45) is 0 Å². The third-order valence-electron chi connectivity index (χ3n) is 6.03. The number of hydrogen-bond acceptors (Lipinski definition) is 8. The van der Waals surface area contributed by atoms with Crippen LogP contribution in [0.5, 0.6) is 11.5 Å². The number of nitrogens with one attached hydrogen (secondary N) is 1. The average molecular weight is 620 g/mol. The van der Waals surface area contributed by atoms with Crippen LogP contribution < -0.4 is 14.8 Å². The summed E-state index contributed by atoms with van der Waals surface area (Å²) in [6.45, 7) is 8.51. The molecule has 39 heavy (non-hydrogen) atoms. The highest BCUT2D eigenvalue weighted by Gasteiger charge is 2.36. The molecule has 0 saturated heterocycles. The standard InChI is InChI=1S/C28H32BrFN4O4S/c1-5-8-13-37-26(35)23-17(4)31-27-32-28(39-7-3)33-34(27)24(23)19-14-20(29)25(22(15-19)36-6-2)38-16-18-11-9-10-12-21(18)30/h9-12,14-15,24H,5-8,13,16H2,1-4H3,(H,31,32,33). The zero-order chi connectivity index (χ0) is 27.9. The van der Waals surface area contributed by atoms with E-state index >= 15 is 0 Å².